The second-order valence-electron chi connectivity index (χ2n) is 7.60. The third-order valence-electron chi connectivity index (χ3n) is 5.38. The van der Waals surface area contributed by atoms with Gasteiger partial charge in [0, 0.05) is 26.1 Å². The van der Waals surface area contributed by atoms with Gasteiger partial charge in [0.2, 0.25) is 0 Å². The summed E-state index contributed by atoms with van der Waals surface area (Å²) in [6.07, 6.45) is 9.11. The van der Waals surface area contributed by atoms with E-state index in [0.29, 0.717) is 19.2 Å². The summed E-state index contributed by atoms with van der Waals surface area (Å²) in [4.78, 5) is 4.29. The van der Waals surface area contributed by atoms with Crippen LogP contribution in [-0.4, -0.2) is 53.7 Å². The summed E-state index contributed by atoms with van der Waals surface area (Å²) in [6.45, 7) is 4.19. The first-order chi connectivity index (χ1) is 14.7. The maximum absolute atomic E-state index is 5.75. The molecule has 1 aliphatic carbocycles. The summed E-state index contributed by atoms with van der Waals surface area (Å²) in [7, 11) is 1.79. The Hall–Kier alpha value is -1.49. The first-order valence-electron chi connectivity index (χ1n) is 10.8. The van der Waals surface area contributed by atoms with Gasteiger partial charge in [0.25, 0.3) is 0 Å². The van der Waals surface area contributed by atoms with Gasteiger partial charge < -0.3 is 19.9 Å². The van der Waals surface area contributed by atoms with E-state index < -0.39 is 0 Å². The minimum absolute atomic E-state index is 0. The summed E-state index contributed by atoms with van der Waals surface area (Å²) >= 11 is 1.69. The Morgan fingerprint density at radius 2 is 1.87 bits per heavy atom. The van der Waals surface area contributed by atoms with Crippen molar-refractivity contribution in [1.29, 1.82) is 0 Å². The van der Waals surface area contributed by atoms with Crippen molar-refractivity contribution in [3.05, 3.63) is 35.7 Å². The molecule has 172 valence electrons. The third-order valence-corrected chi connectivity index (χ3v) is 6.03. The van der Waals surface area contributed by atoms with Gasteiger partial charge in [-0.1, -0.05) is 42.3 Å². The Morgan fingerprint density at radius 3 is 2.55 bits per heavy atom. The second kappa shape index (κ2) is 13.8. The lowest BCUT2D eigenvalue weighted by Crippen LogP contribution is -2.39. The van der Waals surface area contributed by atoms with Crippen molar-refractivity contribution < 1.29 is 4.74 Å². The molecule has 1 aromatic heterocycles. The van der Waals surface area contributed by atoms with E-state index in [9.17, 15) is 0 Å². The van der Waals surface area contributed by atoms with Gasteiger partial charge >= 0.3 is 0 Å². The van der Waals surface area contributed by atoms with Crippen LogP contribution in [0.25, 0.3) is 0 Å². The normalized spacial score (nSPS) is 14.4. The van der Waals surface area contributed by atoms with Crippen molar-refractivity contribution in [2.75, 3.05) is 33.0 Å². The fraction of sp³-hybridized carbons (Fsp3) is 0.591. The van der Waals surface area contributed by atoms with Crippen LogP contribution in [-0.2, 0) is 6.42 Å². The third kappa shape index (κ3) is 7.85. The standard InChI is InChI=1S/C22H34N6OS.HI/c1-17-10-12-19(13-11-17)29-16-15-25-21(23-2)24-14-6-9-20-26-27-22(30-3)28(20)18-7-4-5-8-18;/h10-13,18H,4-9,14-16H2,1-3H3,(H2,23,24,25);1H. The lowest BCUT2D eigenvalue weighted by atomic mass is 10.2. The predicted molar refractivity (Wildman–Crippen MR) is 139 cm³/mol. The van der Waals surface area contributed by atoms with Gasteiger partial charge in [-0.15, -0.1) is 34.2 Å². The molecule has 1 saturated carbocycles. The molecule has 2 N–H and O–H groups in total. The summed E-state index contributed by atoms with van der Waals surface area (Å²) < 4.78 is 8.13. The van der Waals surface area contributed by atoms with Gasteiger partial charge in [-0.2, -0.15) is 0 Å². The Labute approximate surface area is 207 Å². The number of hydrogen-bond donors (Lipinski definition) is 2. The molecule has 31 heavy (non-hydrogen) atoms. The van der Waals surface area contributed by atoms with E-state index in [4.69, 9.17) is 4.74 Å². The molecule has 0 spiro atoms. The maximum atomic E-state index is 5.75. The number of aryl methyl sites for hydroxylation is 2. The molecule has 0 bridgehead atoms. The number of halogens is 1. The quantitative estimate of drug-likeness (QED) is 0.150. The van der Waals surface area contributed by atoms with E-state index in [1.165, 1.54) is 31.2 Å². The van der Waals surface area contributed by atoms with Crippen LogP contribution in [0.3, 0.4) is 0 Å². The van der Waals surface area contributed by atoms with Crippen molar-refractivity contribution in [2.45, 2.75) is 56.6 Å². The van der Waals surface area contributed by atoms with E-state index in [-0.39, 0.29) is 24.0 Å². The number of benzene rings is 1. The number of ether oxygens (including phenoxy) is 1. The smallest absolute Gasteiger partial charge is 0.191 e. The molecular weight excluding hydrogens is 523 g/mol. The van der Waals surface area contributed by atoms with Gasteiger partial charge in [-0.05, 0) is 44.6 Å². The fourth-order valence-electron chi connectivity index (χ4n) is 3.79. The molecule has 1 aromatic carbocycles. The van der Waals surface area contributed by atoms with E-state index in [1.807, 2.05) is 12.1 Å². The molecule has 1 heterocycles. The van der Waals surface area contributed by atoms with Crippen molar-refractivity contribution >= 4 is 41.7 Å². The molecule has 7 nitrogen and oxygen atoms in total. The van der Waals surface area contributed by atoms with Crippen LogP contribution in [0.15, 0.2) is 34.4 Å². The zero-order valence-corrected chi connectivity index (χ0v) is 21.9. The zero-order valence-electron chi connectivity index (χ0n) is 18.8. The van der Waals surface area contributed by atoms with Crippen molar-refractivity contribution in [3.63, 3.8) is 0 Å². The van der Waals surface area contributed by atoms with Gasteiger partial charge in [0.15, 0.2) is 11.1 Å². The molecule has 3 rings (SSSR count). The summed E-state index contributed by atoms with van der Waals surface area (Å²) in [5.74, 6) is 2.80. The molecule has 0 radical (unpaired) electrons. The molecule has 0 aliphatic heterocycles. The topological polar surface area (TPSA) is 76.4 Å². The van der Waals surface area contributed by atoms with Crippen LogP contribution < -0.4 is 15.4 Å². The Bertz CT molecular complexity index is 805. The minimum atomic E-state index is 0. The first-order valence-corrected chi connectivity index (χ1v) is 12.1. The lowest BCUT2D eigenvalue weighted by Gasteiger charge is -2.16. The average molecular weight is 559 g/mol. The van der Waals surface area contributed by atoms with Crippen LogP contribution in [0.1, 0.15) is 49.5 Å². The molecule has 2 aromatic rings. The Kier molecular flexibility index (Phi) is 11.5. The van der Waals surface area contributed by atoms with E-state index in [1.54, 1.807) is 18.8 Å². The Morgan fingerprint density at radius 1 is 1.16 bits per heavy atom. The van der Waals surface area contributed by atoms with Crippen molar-refractivity contribution in [2.24, 2.45) is 4.99 Å². The number of aromatic nitrogens is 3. The lowest BCUT2D eigenvalue weighted by molar-refractivity contribution is 0.322. The molecule has 1 fully saturated rings. The highest BCUT2D eigenvalue weighted by molar-refractivity contribution is 14.0. The van der Waals surface area contributed by atoms with Crippen LogP contribution >= 0.6 is 35.7 Å². The molecule has 0 unspecified atom stereocenters. The fourth-order valence-corrected chi connectivity index (χ4v) is 4.37. The van der Waals surface area contributed by atoms with Crippen LogP contribution in [0.2, 0.25) is 0 Å². The SMILES string of the molecule is CN=C(NCCCc1nnc(SC)n1C1CCCC1)NCCOc1ccc(C)cc1.I. The van der Waals surface area contributed by atoms with Gasteiger partial charge in [-0.25, -0.2) is 0 Å². The molecule has 1 aliphatic rings. The molecule has 0 amide bonds. The summed E-state index contributed by atoms with van der Waals surface area (Å²) in [6, 6.07) is 8.68. The number of guanidine groups is 1. The van der Waals surface area contributed by atoms with Gasteiger partial charge in [0.05, 0.1) is 6.54 Å². The number of rotatable bonds is 10. The average Bonchev–Trinajstić information content (AvgIpc) is 3.43. The number of nitrogens with zero attached hydrogens (tertiary/aromatic N) is 4. The first kappa shape index (κ1) is 25.8. The van der Waals surface area contributed by atoms with Gasteiger partial charge in [0.1, 0.15) is 18.2 Å². The Balaban J connectivity index is 0.00000341. The van der Waals surface area contributed by atoms with Gasteiger partial charge in [-0.3, -0.25) is 4.99 Å². The van der Waals surface area contributed by atoms with Crippen LogP contribution in [0.5, 0.6) is 5.75 Å². The molecule has 0 atom stereocenters. The number of nitrogens with one attached hydrogen (secondary N) is 2. The second-order valence-corrected chi connectivity index (χ2v) is 8.38. The zero-order chi connectivity index (χ0) is 21.2. The maximum Gasteiger partial charge on any atom is 0.191 e. The highest BCUT2D eigenvalue weighted by Gasteiger charge is 2.23. The van der Waals surface area contributed by atoms with Crippen LogP contribution in [0.4, 0.5) is 0 Å². The van der Waals surface area contributed by atoms with E-state index in [2.05, 4.69) is 55.7 Å². The van der Waals surface area contributed by atoms with E-state index >= 15 is 0 Å². The number of hydrogen-bond acceptors (Lipinski definition) is 5. The van der Waals surface area contributed by atoms with Crippen molar-refractivity contribution in [3.8, 4) is 5.75 Å². The minimum Gasteiger partial charge on any atom is -0.492 e. The summed E-state index contributed by atoms with van der Waals surface area (Å²) in [5, 5.41) is 16.6. The largest absolute Gasteiger partial charge is 0.492 e. The highest BCUT2D eigenvalue weighted by Crippen LogP contribution is 2.33. The number of thioether (sulfide) groups is 1. The summed E-state index contributed by atoms with van der Waals surface area (Å²) in [5.41, 5.74) is 1.23. The van der Waals surface area contributed by atoms with E-state index in [0.717, 1.165) is 42.1 Å². The molecule has 0 saturated heterocycles. The molecular formula is C22H35IN6OS. The van der Waals surface area contributed by atoms with Crippen molar-refractivity contribution in [1.82, 2.24) is 25.4 Å². The monoisotopic (exact) mass is 558 g/mol. The predicted octanol–water partition coefficient (Wildman–Crippen LogP) is 4.22. The molecule has 9 heteroatoms. The highest BCUT2D eigenvalue weighted by atomic mass is 127. The number of aliphatic imine (C=N–C) groups is 1. The van der Waals surface area contributed by atoms with Crippen LogP contribution in [0, 0.1) is 6.92 Å².